The van der Waals surface area contributed by atoms with Gasteiger partial charge in [0.1, 0.15) is 0 Å². The number of hydrogen-bond acceptors (Lipinski definition) is 2. The van der Waals surface area contributed by atoms with E-state index in [-0.39, 0.29) is 0 Å². The van der Waals surface area contributed by atoms with E-state index in [1.165, 1.54) is 0 Å². The SMILES string of the molecule is CCC(/C=C/c1ccccc1)=N\O. The monoisotopic (exact) mass is 175 g/mol. The van der Waals surface area contributed by atoms with E-state index in [1.807, 2.05) is 49.4 Å². The second-order valence-electron chi connectivity index (χ2n) is 2.69. The van der Waals surface area contributed by atoms with E-state index in [0.717, 1.165) is 12.0 Å². The molecule has 0 radical (unpaired) electrons. The first kappa shape index (κ1) is 9.52. The van der Waals surface area contributed by atoms with Crippen LogP contribution in [-0.2, 0) is 0 Å². The first-order valence-corrected chi connectivity index (χ1v) is 4.31. The van der Waals surface area contributed by atoms with Crippen LogP contribution in [0.1, 0.15) is 18.9 Å². The van der Waals surface area contributed by atoms with Crippen LogP contribution in [0, 0.1) is 0 Å². The van der Waals surface area contributed by atoms with E-state index in [1.54, 1.807) is 0 Å². The molecule has 0 amide bonds. The molecule has 0 aliphatic carbocycles. The van der Waals surface area contributed by atoms with Crippen molar-refractivity contribution in [2.24, 2.45) is 5.16 Å². The maximum Gasteiger partial charge on any atom is 0.0793 e. The van der Waals surface area contributed by atoms with Crippen molar-refractivity contribution in [3.63, 3.8) is 0 Å². The number of oxime groups is 1. The molecule has 0 aliphatic heterocycles. The number of nitrogens with zero attached hydrogens (tertiary/aromatic N) is 1. The van der Waals surface area contributed by atoms with Crippen LogP contribution in [0.15, 0.2) is 41.6 Å². The Morgan fingerprint density at radius 1 is 1.38 bits per heavy atom. The molecule has 1 rings (SSSR count). The Kier molecular flexibility index (Phi) is 3.76. The molecule has 0 aromatic heterocycles. The lowest BCUT2D eigenvalue weighted by molar-refractivity contribution is 0.318. The Balaban J connectivity index is 2.69. The molecule has 1 aromatic carbocycles. The fourth-order valence-corrected chi connectivity index (χ4v) is 0.978. The zero-order valence-electron chi connectivity index (χ0n) is 7.64. The molecule has 0 saturated carbocycles. The molecule has 0 saturated heterocycles. The molecule has 0 fully saturated rings. The van der Waals surface area contributed by atoms with Crippen molar-refractivity contribution >= 4 is 11.8 Å². The molecule has 0 unspecified atom stereocenters. The second-order valence-corrected chi connectivity index (χ2v) is 2.69. The van der Waals surface area contributed by atoms with Crippen molar-refractivity contribution < 1.29 is 5.21 Å². The fraction of sp³-hybridized carbons (Fsp3) is 0.182. The predicted molar refractivity (Wildman–Crippen MR) is 55.0 cm³/mol. The van der Waals surface area contributed by atoms with Crippen molar-refractivity contribution in [3.05, 3.63) is 42.0 Å². The minimum atomic E-state index is 0.684. The summed E-state index contributed by atoms with van der Waals surface area (Å²) in [7, 11) is 0. The van der Waals surface area contributed by atoms with E-state index in [4.69, 9.17) is 5.21 Å². The minimum absolute atomic E-state index is 0.684. The Hall–Kier alpha value is -1.57. The van der Waals surface area contributed by atoms with Gasteiger partial charge in [-0.3, -0.25) is 0 Å². The molecule has 1 aromatic rings. The minimum Gasteiger partial charge on any atom is -0.411 e. The molecule has 68 valence electrons. The Bertz CT molecular complexity index is 301. The van der Waals surface area contributed by atoms with Gasteiger partial charge >= 0.3 is 0 Å². The van der Waals surface area contributed by atoms with Gasteiger partial charge in [0, 0.05) is 0 Å². The summed E-state index contributed by atoms with van der Waals surface area (Å²) in [6.45, 7) is 1.95. The molecule has 2 heteroatoms. The highest BCUT2D eigenvalue weighted by atomic mass is 16.4. The van der Waals surface area contributed by atoms with E-state index in [9.17, 15) is 0 Å². The normalized spacial score (nSPS) is 12.2. The van der Waals surface area contributed by atoms with Gasteiger partial charge in [0.25, 0.3) is 0 Å². The summed E-state index contributed by atoms with van der Waals surface area (Å²) in [5.41, 5.74) is 1.79. The Labute approximate surface area is 78.2 Å². The average molecular weight is 175 g/mol. The Morgan fingerprint density at radius 3 is 2.62 bits per heavy atom. The quantitative estimate of drug-likeness (QED) is 0.427. The topological polar surface area (TPSA) is 32.6 Å². The van der Waals surface area contributed by atoms with Crippen molar-refractivity contribution in [1.29, 1.82) is 0 Å². The van der Waals surface area contributed by atoms with Gasteiger partial charge in [-0.2, -0.15) is 0 Å². The van der Waals surface area contributed by atoms with Gasteiger partial charge in [-0.1, -0.05) is 48.5 Å². The third-order valence-electron chi connectivity index (χ3n) is 1.76. The number of benzene rings is 1. The summed E-state index contributed by atoms with van der Waals surface area (Å²) in [6.07, 6.45) is 4.48. The maximum absolute atomic E-state index is 8.54. The van der Waals surface area contributed by atoms with Crippen molar-refractivity contribution in [1.82, 2.24) is 0 Å². The largest absolute Gasteiger partial charge is 0.411 e. The highest BCUT2D eigenvalue weighted by Crippen LogP contribution is 2.01. The van der Waals surface area contributed by atoms with Gasteiger partial charge in [0.2, 0.25) is 0 Å². The van der Waals surface area contributed by atoms with Gasteiger partial charge in [-0.05, 0) is 18.1 Å². The van der Waals surface area contributed by atoms with E-state index < -0.39 is 0 Å². The summed E-state index contributed by atoms with van der Waals surface area (Å²) >= 11 is 0. The van der Waals surface area contributed by atoms with E-state index in [0.29, 0.717) is 5.71 Å². The molecule has 1 N–H and O–H groups in total. The summed E-state index contributed by atoms with van der Waals surface area (Å²) < 4.78 is 0. The lowest BCUT2D eigenvalue weighted by atomic mass is 10.2. The Morgan fingerprint density at radius 2 is 2.08 bits per heavy atom. The van der Waals surface area contributed by atoms with Gasteiger partial charge in [0.05, 0.1) is 5.71 Å². The van der Waals surface area contributed by atoms with Crippen LogP contribution in [0.4, 0.5) is 0 Å². The molecular formula is C11H13NO. The summed E-state index contributed by atoms with van der Waals surface area (Å²) in [6, 6.07) is 9.92. The zero-order valence-corrected chi connectivity index (χ0v) is 7.64. The molecule has 13 heavy (non-hydrogen) atoms. The number of hydrogen-bond donors (Lipinski definition) is 1. The molecule has 2 nitrogen and oxygen atoms in total. The van der Waals surface area contributed by atoms with Crippen LogP contribution in [-0.4, -0.2) is 10.9 Å². The third kappa shape index (κ3) is 3.11. The summed E-state index contributed by atoms with van der Waals surface area (Å²) in [4.78, 5) is 0. The molecule has 0 bridgehead atoms. The zero-order chi connectivity index (χ0) is 9.52. The average Bonchev–Trinajstić information content (AvgIpc) is 2.21. The van der Waals surface area contributed by atoms with E-state index >= 15 is 0 Å². The highest BCUT2D eigenvalue weighted by Gasteiger charge is 1.88. The van der Waals surface area contributed by atoms with Crippen LogP contribution in [0.3, 0.4) is 0 Å². The van der Waals surface area contributed by atoms with Gasteiger partial charge in [0.15, 0.2) is 0 Å². The van der Waals surface area contributed by atoms with E-state index in [2.05, 4.69) is 5.16 Å². The van der Waals surface area contributed by atoms with Crippen molar-refractivity contribution in [3.8, 4) is 0 Å². The molecule has 0 atom stereocenters. The maximum atomic E-state index is 8.54. The summed E-state index contributed by atoms with van der Waals surface area (Å²) in [5, 5.41) is 11.7. The van der Waals surface area contributed by atoms with Crippen LogP contribution >= 0.6 is 0 Å². The van der Waals surface area contributed by atoms with Crippen molar-refractivity contribution in [2.75, 3.05) is 0 Å². The van der Waals surface area contributed by atoms with Crippen LogP contribution in [0.2, 0.25) is 0 Å². The standard InChI is InChI=1S/C11H13NO/c1-2-11(12-13)9-8-10-6-4-3-5-7-10/h3-9,13H,2H2,1H3/b9-8+,12-11+. The predicted octanol–water partition coefficient (Wildman–Crippen LogP) is 2.94. The summed E-state index contributed by atoms with van der Waals surface area (Å²) in [5.74, 6) is 0. The molecule has 0 spiro atoms. The first-order valence-electron chi connectivity index (χ1n) is 4.31. The molecular weight excluding hydrogens is 162 g/mol. The molecule has 0 heterocycles. The first-order chi connectivity index (χ1) is 6.36. The number of allylic oxidation sites excluding steroid dienone is 1. The number of rotatable bonds is 3. The van der Waals surface area contributed by atoms with Crippen molar-refractivity contribution in [2.45, 2.75) is 13.3 Å². The van der Waals surface area contributed by atoms with Crippen LogP contribution in [0.25, 0.3) is 6.08 Å². The lowest BCUT2D eigenvalue weighted by Gasteiger charge is -1.92. The van der Waals surface area contributed by atoms with Crippen LogP contribution in [0.5, 0.6) is 0 Å². The highest BCUT2D eigenvalue weighted by molar-refractivity contribution is 5.97. The van der Waals surface area contributed by atoms with Gasteiger partial charge in [-0.25, -0.2) is 0 Å². The lowest BCUT2D eigenvalue weighted by Crippen LogP contribution is -1.88. The van der Waals surface area contributed by atoms with Gasteiger partial charge < -0.3 is 5.21 Å². The van der Waals surface area contributed by atoms with Crippen LogP contribution < -0.4 is 0 Å². The van der Waals surface area contributed by atoms with Gasteiger partial charge in [-0.15, -0.1) is 0 Å². The second kappa shape index (κ2) is 5.14. The molecule has 0 aliphatic rings. The fourth-order valence-electron chi connectivity index (χ4n) is 0.978. The third-order valence-corrected chi connectivity index (χ3v) is 1.76. The smallest absolute Gasteiger partial charge is 0.0793 e.